The number of fused-ring (bicyclic) bond motifs is 3. The summed E-state index contributed by atoms with van der Waals surface area (Å²) in [5, 5.41) is 4.29. The summed E-state index contributed by atoms with van der Waals surface area (Å²) in [6.07, 6.45) is 4.46. The van der Waals surface area contributed by atoms with Gasteiger partial charge >= 0.3 is 0 Å². The van der Waals surface area contributed by atoms with Crippen LogP contribution in [-0.2, 0) is 4.74 Å². The van der Waals surface area contributed by atoms with Crippen molar-refractivity contribution in [1.82, 2.24) is 0 Å². The fourth-order valence-corrected chi connectivity index (χ4v) is 7.40. The van der Waals surface area contributed by atoms with Crippen LogP contribution in [0.1, 0.15) is 57.3 Å². The molecule has 0 aliphatic heterocycles. The van der Waals surface area contributed by atoms with Crippen molar-refractivity contribution >= 4 is 56.6 Å². The molecule has 2 aliphatic carbocycles. The summed E-state index contributed by atoms with van der Waals surface area (Å²) in [5.74, 6) is 2.13. The van der Waals surface area contributed by atoms with Crippen LogP contribution in [0.15, 0.2) is 72.8 Å². The standard InChI is InChI=1S/C34H35NO3S/c1-5-37-32(39)35(31-24(21-36)16-15-23-10-6-7-11-25(23)31)28-17-18-29(27-13-9-8-12-26(27)28)38-34-20-22(2)14-19-30(34)33(34,3)4/h6-13,15-18,21-22,30H,5,14,19-20H2,1-4H3. The van der Waals surface area contributed by atoms with Crippen molar-refractivity contribution in [2.45, 2.75) is 52.6 Å². The number of benzene rings is 4. The Morgan fingerprint density at radius 1 is 0.974 bits per heavy atom. The molecule has 4 aromatic rings. The molecule has 3 atom stereocenters. The first-order valence-electron chi connectivity index (χ1n) is 14.0. The Hall–Kier alpha value is -3.44. The van der Waals surface area contributed by atoms with E-state index in [0.717, 1.165) is 51.4 Å². The van der Waals surface area contributed by atoms with Crippen molar-refractivity contribution in [2.75, 3.05) is 11.5 Å². The van der Waals surface area contributed by atoms with Crippen molar-refractivity contribution in [3.05, 3.63) is 78.4 Å². The molecule has 39 heavy (non-hydrogen) atoms. The zero-order valence-corrected chi connectivity index (χ0v) is 23.9. The molecule has 4 nitrogen and oxygen atoms in total. The van der Waals surface area contributed by atoms with E-state index in [1.807, 2.05) is 54.3 Å². The van der Waals surface area contributed by atoms with Gasteiger partial charge in [-0.3, -0.25) is 9.69 Å². The van der Waals surface area contributed by atoms with Gasteiger partial charge in [-0.1, -0.05) is 81.8 Å². The van der Waals surface area contributed by atoms with E-state index in [4.69, 9.17) is 21.7 Å². The fourth-order valence-electron chi connectivity index (χ4n) is 7.09. The van der Waals surface area contributed by atoms with E-state index >= 15 is 0 Å². The third-order valence-electron chi connectivity index (χ3n) is 9.17. The largest absolute Gasteiger partial charge is 0.486 e. The minimum absolute atomic E-state index is 0.129. The lowest BCUT2D eigenvalue weighted by Crippen LogP contribution is -2.31. The first kappa shape index (κ1) is 25.8. The highest BCUT2D eigenvalue weighted by Gasteiger charge is 2.74. The highest BCUT2D eigenvalue weighted by molar-refractivity contribution is 7.80. The number of carbonyl (C=O) groups is 1. The van der Waals surface area contributed by atoms with Crippen LogP contribution in [0.4, 0.5) is 11.4 Å². The van der Waals surface area contributed by atoms with Crippen molar-refractivity contribution in [2.24, 2.45) is 17.3 Å². The maximum absolute atomic E-state index is 12.3. The molecule has 0 bridgehead atoms. The van der Waals surface area contributed by atoms with Crippen LogP contribution < -0.4 is 9.64 Å². The minimum Gasteiger partial charge on any atom is -0.486 e. The molecule has 5 heteroatoms. The zero-order valence-electron chi connectivity index (χ0n) is 23.1. The first-order chi connectivity index (χ1) is 18.8. The Bertz CT molecular complexity index is 1590. The van der Waals surface area contributed by atoms with E-state index in [2.05, 4.69) is 51.1 Å². The minimum atomic E-state index is -0.129. The average molecular weight is 538 g/mol. The van der Waals surface area contributed by atoms with Gasteiger partial charge < -0.3 is 9.47 Å². The lowest BCUT2D eigenvalue weighted by Gasteiger charge is -2.31. The summed E-state index contributed by atoms with van der Waals surface area (Å²) in [5.41, 5.74) is 2.16. The molecule has 200 valence electrons. The van der Waals surface area contributed by atoms with Gasteiger partial charge in [-0.2, -0.15) is 0 Å². The number of aldehydes is 1. The average Bonchev–Trinajstić information content (AvgIpc) is 3.42. The third kappa shape index (κ3) is 4.01. The molecule has 4 aromatic carbocycles. The van der Waals surface area contributed by atoms with Crippen molar-refractivity contribution in [3.63, 3.8) is 0 Å². The monoisotopic (exact) mass is 537 g/mol. The molecule has 0 heterocycles. The number of hydrogen-bond donors (Lipinski definition) is 0. The van der Waals surface area contributed by atoms with Crippen molar-refractivity contribution < 1.29 is 14.3 Å². The normalized spacial score (nSPS) is 23.2. The number of rotatable bonds is 6. The van der Waals surface area contributed by atoms with Gasteiger partial charge in [0.2, 0.25) is 0 Å². The Morgan fingerprint density at radius 3 is 2.44 bits per heavy atom. The van der Waals surface area contributed by atoms with Gasteiger partial charge in [0.1, 0.15) is 11.4 Å². The quantitative estimate of drug-likeness (QED) is 0.181. The summed E-state index contributed by atoms with van der Waals surface area (Å²) in [6.45, 7) is 9.40. The topological polar surface area (TPSA) is 38.8 Å². The molecule has 2 aliphatic rings. The van der Waals surface area contributed by atoms with Crippen molar-refractivity contribution in [3.8, 4) is 5.75 Å². The molecule has 2 fully saturated rings. The van der Waals surface area contributed by atoms with Gasteiger partial charge in [-0.05, 0) is 61.5 Å². The van der Waals surface area contributed by atoms with Crippen molar-refractivity contribution in [1.29, 1.82) is 0 Å². The van der Waals surface area contributed by atoms with Crippen LogP contribution in [0.3, 0.4) is 0 Å². The SMILES string of the molecule is CCOC(=S)N(c1c(C=O)ccc2ccccc12)c1ccc(OC23CC(C)CCC2C3(C)C)c2ccccc12. The predicted molar refractivity (Wildman–Crippen MR) is 163 cm³/mol. The summed E-state index contributed by atoms with van der Waals surface area (Å²) >= 11 is 5.86. The highest BCUT2D eigenvalue weighted by Crippen LogP contribution is 2.70. The fraction of sp³-hybridized carbons (Fsp3) is 0.353. The van der Waals surface area contributed by atoms with Gasteiger partial charge in [0, 0.05) is 33.1 Å². The van der Waals surface area contributed by atoms with Crippen LogP contribution in [0.2, 0.25) is 0 Å². The van der Waals surface area contributed by atoms with E-state index < -0.39 is 0 Å². The second-order valence-electron chi connectivity index (χ2n) is 11.7. The molecule has 0 radical (unpaired) electrons. The molecular weight excluding hydrogens is 502 g/mol. The van der Waals surface area contributed by atoms with E-state index in [0.29, 0.717) is 29.2 Å². The second kappa shape index (κ2) is 9.63. The molecule has 0 N–H and O–H groups in total. The van der Waals surface area contributed by atoms with E-state index in [9.17, 15) is 4.79 Å². The predicted octanol–water partition coefficient (Wildman–Crippen LogP) is 8.86. The Kier molecular flexibility index (Phi) is 6.38. The first-order valence-corrected chi connectivity index (χ1v) is 14.4. The van der Waals surface area contributed by atoms with Crippen LogP contribution in [-0.4, -0.2) is 23.7 Å². The van der Waals surface area contributed by atoms with Gasteiger partial charge in [0.15, 0.2) is 6.29 Å². The summed E-state index contributed by atoms with van der Waals surface area (Å²) in [7, 11) is 0. The zero-order chi connectivity index (χ0) is 27.4. The summed E-state index contributed by atoms with van der Waals surface area (Å²) in [6, 6.07) is 24.3. The number of hydrogen-bond acceptors (Lipinski definition) is 4. The Morgan fingerprint density at radius 2 is 1.69 bits per heavy atom. The van der Waals surface area contributed by atoms with Crippen LogP contribution in [0.25, 0.3) is 21.5 Å². The maximum Gasteiger partial charge on any atom is 0.268 e. The van der Waals surface area contributed by atoms with Crippen LogP contribution in [0, 0.1) is 17.3 Å². The molecule has 6 rings (SSSR count). The van der Waals surface area contributed by atoms with Gasteiger partial charge in [-0.25, -0.2) is 0 Å². The van der Waals surface area contributed by atoms with E-state index in [1.165, 1.54) is 12.8 Å². The van der Waals surface area contributed by atoms with Crippen LogP contribution >= 0.6 is 12.2 Å². The molecule has 0 saturated heterocycles. The smallest absolute Gasteiger partial charge is 0.268 e. The van der Waals surface area contributed by atoms with E-state index in [1.54, 1.807) is 0 Å². The number of nitrogens with zero attached hydrogens (tertiary/aromatic N) is 1. The lowest BCUT2D eigenvalue weighted by molar-refractivity contribution is 0.0864. The number of ether oxygens (including phenoxy) is 2. The van der Waals surface area contributed by atoms with E-state index in [-0.39, 0.29) is 11.0 Å². The number of thiocarbonyl (C=S) groups is 1. The summed E-state index contributed by atoms with van der Waals surface area (Å²) < 4.78 is 13.0. The van der Waals surface area contributed by atoms with Gasteiger partial charge in [0.05, 0.1) is 18.0 Å². The molecule has 2 saturated carbocycles. The van der Waals surface area contributed by atoms with Crippen LogP contribution in [0.5, 0.6) is 5.75 Å². The molecular formula is C34H35NO3S. The second-order valence-corrected chi connectivity index (χ2v) is 12.0. The Labute approximate surface area is 235 Å². The molecule has 0 spiro atoms. The Balaban J connectivity index is 1.53. The lowest BCUT2D eigenvalue weighted by atomic mass is 9.88. The highest BCUT2D eigenvalue weighted by atomic mass is 32.1. The summed E-state index contributed by atoms with van der Waals surface area (Å²) in [4.78, 5) is 14.2. The van der Waals surface area contributed by atoms with Gasteiger partial charge in [-0.15, -0.1) is 0 Å². The molecule has 0 aromatic heterocycles. The third-order valence-corrected chi connectivity index (χ3v) is 9.47. The van der Waals surface area contributed by atoms with Gasteiger partial charge in [0.25, 0.3) is 5.17 Å². The number of carbonyl (C=O) groups excluding carboxylic acids is 1. The molecule has 3 unspecified atom stereocenters. The maximum atomic E-state index is 12.3. The molecule has 0 amide bonds. The number of anilines is 2.